The van der Waals surface area contributed by atoms with Crippen LogP contribution in [0.1, 0.15) is 28.2 Å². The van der Waals surface area contributed by atoms with Crippen LogP contribution in [0.25, 0.3) is 11.3 Å². The van der Waals surface area contributed by atoms with E-state index in [9.17, 15) is 14.7 Å². The number of amides is 2. The Balaban J connectivity index is 2.00. The highest BCUT2D eigenvalue weighted by Gasteiger charge is 2.40. The zero-order chi connectivity index (χ0) is 18.0. The van der Waals surface area contributed by atoms with Gasteiger partial charge in [0.2, 0.25) is 5.91 Å². The molecule has 1 atom stereocenters. The van der Waals surface area contributed by atoms with Gasteiger partial charge >= 0.3 is 0 Å². The maximum atomic E-state index is 11.9. The van der Waals surface area contributed by atoms with Crippen LogP contribution in [0.5, 0.6) is 0 Å². The summed E-state index contributed by atoms with van der Waals surface area (Å²) in [5.74, 6) is 4.88. The number of carbonyl (C=O) groups excluding carboxylic acids is 2. The highest BCUT2D eigenvalue weighted by molar-refractivity contribution is 5.98. The van der Waals surface area contributed by atoms with Crippen molar-refractivity contribution in [2.45, 2.75) is 13.3 Å². The van der Waals surface area contributed by atoms with Crippen molar-refractivity contribution in [3.8, 4) is 23.1 Å². The first-order valence-corrected chi connectivity index (χ1v) is 7.70. The monoisotopic (exact) mass is 339 g/mol. The summed E-state index contributed by atoms with van der Waals surface area (Å²) in [6, 6.07) is 3.38. The van der Waals surface area contributed by atoms with Crippen LogP contribution in [0.4, 0.5) is 0 Å². The fraction of sp³-hybridized carbons (Fsp3) is 0.294. The van der Waals surface area contributed by atoms with E-state index in [-0.39, 0.29) is 18.2 Å². The average Bonchev–Trinajstić information content (AvgIpc) is 3.17. The molecule has 8 nitrogen and oxygen atoms in total. The van der Waals surface area contributed by atoms with Crippen LogP contribution >= 0.6 is 0 Å². The van der Waals surface area contributed by atoms with Crippen molar-refractivity contribution in [2.75, 3.05) is 13.2 Å². The van der Waals surface area contributed by atoms with Gasteiger partial charge in [0, 0.05) is 24.0 Å². The lowest BCUT2D eigenvalue weighted by Crippen LogP contribution is -2.33. The number of nitrogens with one attached hydrogen (secondary N) is 2. The summed E-state index contributed by atoms with van der Waals surface area (Å²) in [6.45, 7) is 1.92. The summed E-state index contributed by atoms with van der Waals surface area (Å²) in [6.07, 6.45) is 2.01. The Bertz CT molecular complexity index is 908. The van der Waals surface area contributed by atoms with Crippen molar-refractivity contribution in [1.29, 1.82) is 0 Å². The van der Waals surface area contributed by atoms with Gasteiger partial charge < -0.3 is 16.2 Å². The number of primary amides is 1. The first-order chi connectivity index (χ1) is 12.0. The topological polar surface area (TPSA) is 134 Å². The summed E-state index contributed by atoms with van der Waals surface area (Å²) in [5, 5.41) is 18.9. The van der Waals surface area contributed by atoms with E-state index in [0.717, 1.165) is 0 Å². The molecule has 0 saturated carbocycles. The Hall–Kier alpha value is -3.18. The lowest BCUT2D eigenvalue weighted by Gasteiger charge is -2.15. The van der Waals surface area contributed by atoms with Crippen molar-refractivity contribution in [3.05, 3.63) is 35.3 Å². The molecule has 0 aliphatic carbocycles. The molecule has 3 heterocycles. The van der Waals surface area contributed by atoms with E-state index < -0.39 is 11.3 Å². The lowest BCUT2D eigenvalue weighted by molar-refractivity contribution is -0.126. The molecular formula is C17H17N5O3. The zero-order valence-corrected chi connectivity index (χ0v) is 13.6. The Morgan fingerprint density at radius 3 is 2.96 bits per heavy atom. The smallest absolute Gasteiger partial charge is 0.269 e. The predicted molar refractivity (Wildman–Crippen MR) is 89.1 cm³/mol. The Morgan fingerprint density at radius 1 is 1.52 bits per heavy atom. The van der Waals surface area contributed by atoms with Crippen LogP contribution in [0.3, 0.4) is 0 Å². The quantitative estimate of drug-likeness (QED) is 0.571. The number of hydrogen-bond acceptors (Lipinski definition) is 5. The Kier molecular flexibility index (Phi) is 4.25. The van der Waals surface area contributed by atoms with Gasteiger partial charge in [-0.2, -0.15) is 5.10 Å². The van der Waals surface area contributed by atoms with Crippen LogP contribution in [-0.4, -0.2) is 45.3 Å². The highest BCUT2D eigenvalue weighted by Crippen LogP contribution is 2.26. The van der Waals surface area contributed by atoms with Crippen molar-refractivity contribution in [3.63, 3.8) is 0 Å². The molecule has 0 bridgehead atoms. The van der Waals surface area contributed by atoms with E-state index in [1.54, 1.807) is 25.3 Å². The van der Waals surface area contributed by atoms with Crippen molar-refractivity contribution in [2.24, 2.45) is 11.1 Å². The van der Waals surface area contributed by atoms with E-state index in [2.05, 4.69) is 32.3 Å². The second-order valence-electron chi connectivity index (χ2n) is 5.86. The number of aliphatic hydroxyl groups excluding tert-OH is 1. The molecule has 8 heteroatoms. The number of aromatic nitrogens is 3. The fourth-order valence-electron chi connectivity index (χ4n) is 2.74. The van der Waals surface area contributed by atoms with Gasteiger partial charge in [-0.05, 0) is 25.5 Å². The number of hydrogen-bond donors (Lipinski definition) is 4. The molecule has 128 valence electrons. The minimum Gasteiger partial charge on any atom is -0.394 e. The molecular weight excluding hydrogens is 322 g/mol. The third-order valence-corrected chi connectivity index (χ3v) is 4.18. The number of rotatable bonds is 3. The van der Waals surface area contributed by atoms with Gasteiger partial charge in [-0.1, -0.05) is 11.8 Å². The number of aliphatic hydroxyl groups is 1. The molecule has 5 N–H and O–H groups in total. The molecule has 2 aromatic heterocycles. The van der Waals surface area contributed by atoms with Gasteiger partial charge in [0.15, 0.2) is 5.69 Å². The van der Waals surface area contributed by atoms with E-state index >= 15 is 0 Å². The molecule has 0 aromatic carbocycles. The summed E-state index contributed by atoms with van der Waals surface area (Å²) in [4.78, 5) is 27.7. The third-order valence-electron chi connectivity index (χ3n) is 4.18. The number of carbonyl (C=O) groups is 2. The molecule has 0 unspecified atom stereocenters. The van der Waals surface area contributed by atoms with Crippen molar-refractivity contribution >= 4 is 11.8 Å². The second kappa shape index (κ2) is 6.37. The minimum absolute atomic E-state index is 0.108. The summed E-state index contributed by atoms with van der Waals surface area (Å²) in [5.41, 5.74) is 6.66. The van der Waals surface area contributed by atoms with Crippen LogP contribution < -0.4 is 11.1 Å². The standard InChI is InChI=1S/C17H17N5O3/c1-10-13(14(15(18)24)22-21-10)12-8-11(3-6-19-12)2-4-17(9-23)5-7-20-16(17)25/h3,6,8,23H,5,7,9H2,1H3,(H2,18,24)(H,20,25)(H,21,22)/t17-/m0/s1. The van der Waals surface area contributed by atoms with Crippen LogP contribution in [0, 0.1) is 24.2 Å². The zero-order valence-electron chi connectivity index (χ0n) is 13.6. The van der Waals surface area contributed by atoms with Gasteiger partial charge in [-0.3, -0.25) is 19.7 Å². The average molecular weight is 339 g/mol. The molecule has 1 saturated heterocycles. The number of nitrogens with two attached hydrogens (primary N) is 1. The van der Waals surface area contributed by atoms with Crippen LogP contribution in [0.15, 0.2) is 18.3 Å². The number of aryl methyl sites for hydroxylation is 1. The molecule has 3 rings (SSSR count). The molecule has 1 aliphatic rings. The molecule has 0 radical (unpaired) electrons. The summed E-state index contributed by atoms with van der Waals surface area (Å²) < 4.78 is 0. The molecule has 0 spiro atoms. The summed E-state index contributed by atoms with van der Waals surface area (Å²) in [7, 11) is 0. The minimum atomic E-state index is -1.08. The van der Waals surface area contributed by atoms with Gasteiger partial charge in [-0.15, -0.1) is 0 Å². The number of pyridine rings is 1. The van der Waals surface area contributed by atoms with Crippen molar-refractivity contribution in [1.82, 2.24) is 20.5 Å². The van der Waals surface area contributed by atoms with E-state index in [1.807, 2.05) is 0 Å². The van der Waals surface area contributed by atoms with E-state index in [0.29, 0.717) is 35.5 Å². The third kappa shape index (κ3) is 2.97. The van der Waals surface area contributed by atoms with Crippen LogP contribution in [-0.2, 0) is 4.79 Å². The van der Waals surface area contributed by atoms with Gasteiger partial charge in [0.05, 0.1) is 17.9 Å². The Morgan fingerprint density at radius 2 is 2.32 bits per heavy atom. The number of aromatic amines is 1. The SMILES string of the molecule is Cc1[nH]nc(C(N)=O)c1-c1cc(C#C[C@@]2(CO)CCNC2=O)ccn1. The second-order valence-corrected chi connectivity index (χ2v) is 5.86. The number of nitrogens with zero attached hydrogens (tertiary/aromatic N) is 2. The predicted octanol–water partition coefficient (Wildman–Crippen LogP) is -0.271. The lowest BCUT2D eigenvalue weighted by atomic mass is 9.88. The van der Waals surface area contributed by atoms with Crippen LogP contribution in [0.2, 0.25) is 0 Å². The number of H-pyrrole nitrogens is 1. The normalized spacial score (nSPS) is 19.2. The highest BCUT2D eigenvalue weighted by atomic mass is 16.3. The molecule has 2 amide bonds. The fourth-order valence-corrected chi connectivity index (χ4v) is 2.74. The van der Waals surface area contributed by atoms with E-state index in [4.69, 9.17) is 5.73 Å². The first-order valence-electron chi connectivity index (χ1n) is 7.70. The molecule has 25 heavy (non-hydrogen) atoms. The van der Waals surface area contributed by atoms with Gasteiger partial charge in [0.1, 0.15) is 5.41 Å². The maximum absolute atomic E-state index is 11.9. The molecule has 1 fully saturated rings. The molecule has 1 aliphatic heterocycles. The van der Waals surface area contributed by atoms with Gasteiger partial charge in [0.25, 0.3) is 5.91 Å². The summed E-state index contributed by atoms with van der Waals surface area (Å²) >= 11 is 0. The van der Waals surface area contributed by atoms with Gasteiger partial charge in [-0.25, -0.2) is 0 Å². The molecule has 2 aromatic rings. The maximum Gasteiger partial charge on any atom is 0.269 e. The van der Waals surface area contributed by atoms with Crippen molar-refractivity contribution < 1.29 is 14.7 Å². The Labute approximate surface area is 143 Å². The first kappa shape index (κ1) is 16.7. The van der Waals surface area contributed by atoms with E-state index in [1.165, 1.54) is 0 Å². The largest absolute Gasteiger partial charge is 0.394 e.